The van der Waals surface area contributed by atoms with Gasteiger partial charge in [0.2, 0.25) is 0 Å². The van der Waals surface area contributed by atoms with Gasteiger partial charge in [-0.15, -0.1) is 0 Å². The Morgan fingerprint density at radius 1 is 0.857 bits per heavy atom. The van der Waals surface area contributed by atoms with Gasteiger partial charge in [0.15, 0.2) is 0 Å². The van der Waals surface area contributed by atoms with E-state index in [2.05, 4.69) is 29.4 Å². The summed E-state index contributed by atoms with van der Waals surface area (Å²) in [5, 5.41) is 5.55. The molecule has 5 heteroatoms. The monoisotopic (exact) mass is 381 g/mol. The van der Waals surface area contributed by atoms with Crippen LogP contribution in [-0.2, 0) is 22.4 Å². The van der Waals surface area contributed by atoms with Crippen LogP contribution in [0.1, 0.15) is 44.4 Å². The number of nitrogens with one attached hydrogen (secondary N) is 2. The lowest BCUT2D eigenvalue weighted by Crippen LogP contribution is -2.30. The molecule has 0 saturated heterocycles. The van der Waals surface area contributed by atoms with Crippen molar-refractivity contribution in [2.24, 2.45) is 0 Å². The summed E-state index contributed by atoms with van der Waals surface area (Å²) in [6, 6.07) is 11.8. The van der Waals surface area contributed by atoms with Crippen molar-refractivity contribution in [1.82, 2.24) is 0 Å². The molecule has 2 rings (SSSR count). The predicted molar refractivity (Wildman–Crippen MR) is 117 cm³/mol. The third-order valence-electron chi connectivity index (χ3n) is 5.03. The van der Waals surface area contributed by atoms with E-state index < -0.39 is 11.8 Å². The molecule has 0 aromatic heterocycles. The number of carbonyl (C=O) groups is 2. The highest BCUT2D eigenvalue weighted by Crippen LogP contribution is 2.24. The number of carbonyl (C=O) groups excluding carboxylic acids is 2. The van der Waals surface area contributed by atoms with Gasteiger partial charge >= 0.3 is 11.8 Å². The van der Waals surface area contributed by atoms with Crippen LogP contribution >= 0.6 is 0 Å². The molecule has 2 N–H and O–H groups in total. The number of rotatable bonds is 7. The van der Waals surface area contributed by atoms with E-state index in [0.29, 0.717) is 5.69 Å². The van der Waals surface area contributed by atoms with Gasteiger partial charge in [-0.1, -0.05) is 32.0 Å². The van der Waals surface area contributed by atoms with E-state index in [-0.39, 0.29) is 0 Å². The van der Waals surface area contributed by atoms with Crippen LogP contribution in [0.2, 0.25) is 0 Å². The van der Waals surface area contributed by atoms with Crippen molar-refractivity contribution in [3.8, 4) is 0 Å². The number of anilines is 3. The molecule has 0 unspecified atom stereocenters. The minimum Gasteiger partial charge on any atom is -0.372 e. The molecule has 0 fully saturated rings. The largest absolute Gasteiger partial charge is 0.372 e. The summed E-state index contributed by atoms with van der Waals surface area (Å²) in [5.41, 5.74) is 5.49. The minimum absolute atomic E-state index is 0.649. The summed E-state index contributed by atoms with van der Waals surface area (Å²) in [5.74, 6) is -1.31. The SMILES string of the molecule is CCc1cccc(CC)c1NC(=O)C(=O)Nc1ccc(N(CC)CC)cc1C. The lowest BCUT2D eigenvalue weighted by molar-refractivity contribution is -0.133. The van der Waals surface area contributed by atoms with Gasteiger partial charge in [0.25, 0.3) is 0 Å². The predicted octanol–water partition coefficient (Wildman–Crippen LogP) is 4.54. The van der Waals surface area contributed by atoms with E-state index in [1.807, 2.05) is 57.2 Å². The first-order valence-electron chi connectivity index (χ1n) is 10.0. The molecule has 0 radical (unpaired) electrons. The Kier molecular flexibility index (Phi) is 7.61. The van der Waals surface area contributed by atoms with Crippen LogP contribution in [0.3, 0.4) is 0 Å². The average Bonchev–Trinajstić information content (AvgIpc) is 2.70. The third-order valence-corrected chi connectivity index (χ3v) is 5.03. The highest BCUT2D eigenvalue weighted by atomic mass is 16.2. The van der Waals surface area contributed by atoms with E-state index in [1.165, 1.54) is 0 Å². The van der Waals surface area contributed by atoms with Crippen LogP contribution in [0, 0.1) is 6.92 Å². The number of para-hydroxylation sites is 1. The fourth-order valence-electron chi connectivity index (χ4n) is 3.33. The summed E-state index contributed by atoms with van der Waals surface area (Å²) in [6.45, 7) is 12.1. The summed E-state index contributed by atoms with van der Waals surface area (Å²) in [4.78, 5) is 27.2. The first kappa shape index (κ1) is 21.5. The number of nitrogens with zero attached hydrogens (tertiary/aromatic N) is 1. The quantitative estimate of drug-likeness (QED) is 0.692. The second-order valence-electron chi connectivity index (χ2n) is 6.74. The molecule has 0 atom stereocenters. The first-order chi connectivity index (χ1) is 13.4. The zero-order chi connectivity index (χ0) is 20.7. The maximum atomic E-state index is 12.5. The molecule has 28 heavy (non-hydrogen) atoms. The Morgan fingerprint density at radius 3 is 1.93 bits per heavy atom. The van der Waals surface area contributed by atoms with Gasteiger partial charge in [-0.3, -0.25) is 9.59 Å². The zero-order valence-corrected chi connectivity index (χ0v) is 17.6. The molecule has 0 saturated carbocycles. The maximum Gasteiger partial charge on any atom is 0.314 e. The Morgan fingerprint density at radius 2 is 1.43 bits per heavy atom. The molecule has 0 bridgehead atoms. The standard InChI is InChI=1S/C23H31N3O2/c1-6-17-11-10-12-18(7-2)21(17)25-23(28)22(27)24-20-14-13-19(15-16(20)5)26(8-3)9-4/h10-15H,6-9H2,1-5H3,(H,24,27)(H,25,28). The molecule has 5 nitrogen and oxygen atoms in total. The molecule has 0 aliphatic heterocycles. The van der Waals surface area contributed by atoms with Crippen LogP contribution in [0.5, 0.6) is 0 Å². The van der Waals surface area contributed by atoms with Crippen LogP contribution in [0.25, 0.3) is 0 Å². The third kappa shape index (κ3) is 4.91. The smallest absolute Gasteiger partial charge is 0.314 e. The number of aryl methyl sites for hydroxylation is 3. The molecular weight excluding hydrogens is 350 g/mol. The molecule has 0 spiro atoms. The maximum absolute atomic E-state index is 12.5. The summed E-state index contributed by atoms with van der Waals surface area (Å²) < 4.78 is 0. The van der Waals surface area contributed by atoms with Crippen molar-refractivity contribution in [2.75, 3.05) is 28.6 Å². The molecule has 2 aromatic rings. The van der Waals surface area contributed by atoms with E-state index >= 15 is 0 Å². The van der Waals surface area contributed by atoms with Crippen molar-refractivity contribution in [3.05, 3.63) is 53.1 Å². The lowest BCUT2D eigenvalue weighted by atomic mass is 10.0. The topological polar surface area (TPSA) is 61.4 Å². The number of benzene rings is 2. The van der Waals surface area contributed by atoms with E-state index in [4.69, 9.17) is 0 Å². The van der Waals surface area contributed by atoms with Gasteiger partial charge in [0.1, 0.15) is 0 Å². The van der Waals surface area contributed by atoms with Crippen molar-refractivity contribution in [2.45, 2.75) is 47.5 Å². The second-order valence-corrected chi connectivity index (χ2v) is 6.74. The number of hydrogen-bond donors (Lipinski definition) is 2. The van der Waals surface area contributed by atoms with Gasteiger partial charge in [-0.2, -0.15) is 0 Å². The summed E-state index contributed by atoms with van der Waals surface area (Å²) in [6.07, 6.45) is 1.58. The molecule has 2 amide bonds. The lowest BCUT2D eigenvalue weighted by Gasteiger charge is -2.22. The molecule has 0 aliphatic rings. The number of amides is 2. The zero-order valence-electron chi connectivity index (χ0n) is 17.6. The van der Waals surface area contributed by atoms with Crippen LogP contribution in [0.15, 0.2) is 36.4 Å². The van der Waals surface area contributed by atoms with E-state index in [0.717, 1.165) is 54.0 Å². The van der Waals surface area contributed by atoms with Gasteiger partial charge in [-0.25, -0.2) is 0 Å². The average molecular weight is 382 g/mol. The molecular formula is C23H31N3O2. The molecule has 150 valence electrons. The summed E-state index contributed by atoms with van der Waals surface area (Å²) in [7, 11) is 0. The Balaban J connectivity index is 2.14. The van der Waals surface area contributed by atoms with Gasteiger partial charge < -0.3 is 15.5 Å². The van der Waals surface area contributed by atoms with Crippen molar-refractivity contribution < 1.29 is 9.59 Å². The Hall–Kier alpha value is -2.82. The van der Waals surface area contributed by atoms with Crippen LogP contribution < -0.4 is 15.5 Å². The van der Waals surface area contributed by atoms with Crippen LogP contribution in [-0.4, -0.2) is 24.9 Å². The normalized spacial score (nSPS) is 10.5. The van der Waals surface area contributed by atoms with Crippen LogP contribution in [0.4, 0.5) is 17.1 Å². The molecule has 0 aliphatic carbocycles. The van der Waals surface area contributed by atoms with Gasteiger partial charge in [0.05, 0.1) is 0 Å². The minimum atomic E-state index is -0.661. The van der Waals surface area contributed by atoms with Crippen molar-refractivity contribution in [3.63, 3.8) is 0 Å². The highest BCUT2D eigenvalue weighted by molar-refractivity contribution is 6.43. The van der Waals surface area contributed by atoms with Crippen molar-refractivity contribution >= 4 is 28.9 Å². The Bertz CT molecular complexity index is 819. The second kappa shape index (κ2) is 9.93. The fraction of sp³-hybridized carbons (Fsp3) is 0.391. The first-order valence-corrected chi connectivity index (χ1v) is 10.0. The van der Waals surface area contributed by atoms with Gasteiger partial charge in [-0.05, 0) is 68.5 Å². The fourth-order valence-corrected chi connectivity index (χ4v) is 3.33. The number of hydrogen-bond acceptors (Lipinski definition) is 3. The Labute approximate surface area is 168 Å². The molecule has 0 heterocycles. The van der Waals surface area contributed by atoms with E-state index in [1.54, 1.807) is 0 Å². The van der Waals surface area contributed by atoms with E-state index in [9.17, 15) is 9.59 Å². The van der Waals surface area contributed by atoms with Crippen molar-refractivity contribution in [1.29, 1.82) is 0 Å². The van der Waals surface area contributed by atoms with Gasteiger partial charge in [0, 0.05) is 30.2 Å². The highest BCUT2D eigenvalue weighted by Gasteiger charge is 2.18. The molecule has 2 aromatic carbocycles. The summed E-state index contributed by atoms with van der Waals surface area (Å²) >= 11 is 0.